The third-order valence-electron chi connectivity index (χ3n) is 4.90. The highest BCUT2D eigenvalue weighted by Gasteiger charge is 2.28. The third kappa shape index (κ3) is 6.09. The maximum atomic E-state index is 9.55. The molecule has 30 heavy (non-hydrogen) atoms. The number of hydrogen-bond acceptors (Lipinski definition) is 5. The Morgan fingerprint density at radius 3 is 2.37 bits per heavy atom. The van der Waals surface area contributed by atoms with Gasteiger partial charge in [-0.1, -0.05) is 41.6 Å². The number of nitrogens with one attached hydrogen (secondary N) is 1. The number of carboxylic acids is 2. The molecule has 158 valence electrons. The van der Waals surface area contributed by atoms with Crippen molar-refractivity contribution in [2.24, 2.45) is 0 Å². The zero-order valence-electron chi connectivity index (χ0n) is 16.3. The van der Waals surface area contributed by atoms with Gasteiger partial charge in [0.1, 0.15) is 0 Å². The van der Waals surface area contributed by atoms with E-state index in [9.17, 15) is 9.59 Å². The van der Waals surface area contributed by atoms with Crippen molar-refractivity contribution >= 4 is 35.3 Å². The summed E-state index contributed by atoms with van der Waals surface area (Å²) in [6, 6.07) is 15.6. The van der Waals surface area contributed by atoms with E-state index in [4.69, 9.17) is 21.8 Å². The molecule has 0 saturated carbocycles. The lowest BCUT2D eigenvalue weighted by atomic mass is 9.97. The Kier molecular flexibility index (Phi) is 7.93. The molecular formula is C22H23ClN2O4S. The summed E-state index contributed by atoms with van der Waals surface area (Å²) in [5.41, 5.74) is 2.83. The average Bonchev–Trinajstić information content (AvgIpc) is 2.90. The molecule has 3 N–H and O–H groups in total. The van der Waals surface area contributed by atoms with Gasteiger partial charge in [0, 0.05) is 59.2 Å². The molecule has 2 aromatic rings. The highest BCUT2D eigenvalue weighted by atomic mass is 35.5. The zero-order chi connectivity index (χ0) is 21.5. The van der Waals surface area contributed by atoms with Crippen molar-refractivity contribution in [3.63, 3.8) is 0 Å². The second-order valence-corrected chi connectivity index (χ2v) is 8.43. The summed E-state index contributed by atoms with van der Waals surface area (Å²) < 4.78 is 0. The Labute approximate surface area is 184 Å². The molecule has 4 rings (SSSR count). The van der Waals surface area contributed by atoms with Gasteiger partial charge >= 0.3 is 11.9 Å². The minimum Gasteiger partial charge on any atom is -0.478 e. The van der Waals surface area contributed by atoms with Crippen LogP contribution in [-0.4, -0.2) is 53.2 Å². The second kappa shape index (κ2) is 10.6. The van der Waals surface area contributed by atoms with Crippen LogP contribution in [0, 0.1) is 0 Å². The van der Waals surface area contributed by atoms with E-state index in [1.165, 1.54) is 20.9 Å². The molecule has 8 heteroatoms. The van der Waals surface area contributed by atoms with E-state index >= 15 is 0 Å². The van der Waals surface area contributed by atoms with E-state index in [1.807, 2.05) is 17.8 Å². The largest absolute Gasteiger partial charge is 0.478 e. The monoisotopic (exact) mass is 446 g/mol. The molecule has 2 heterocycles. The van der Waals surface area contributed by atoms with Crippen LogP contribution in [0.4, 0.5) is 0 Å². The van der Waals surface area contributed by atoms with Crippen LogP contribution in [0.3, 0.4) is 0 Å². The Morgan fingerprint density at radius 1 is 1.03 bits per heavy atom. The van der Waals surface area contributed by atoms with E-state index in [0.29, 0.717) is 18.2 Å². The number of halogens is 1. The average molecular weight is 447 g/mol. The number of hydrogen-bond donors (Lipinski definition) is 3. The fraction of sp³-hybridized carbons (Fsp3) is 0.273. The Morgan fingerprint density at radius 2 is 1.70 bits per heavy atom. The predicted octanol–water partition coefficient (Wildman–Crippen LogP) is 3.71. The van der Waals surface area contributed by atoms with E-state index in [2.05, 4.69) is 46.6 Å². The van der Waals surface area contributed by atoms with Gasteiger partial charge in [-0.25, -0.2) is 9.59 Å². The summed E-state index contributed by atoms with van der Waals surface area (Å²) in [7, 11) is 0. The molecule has 2 aliphatic rings. The Balaban J connectivity index is 0.000000275. The number of aliphatic carboxylic acids is 2. The van der Waals surface area contributed by atoms with Crippen molar-refractivity contribution in [2.75, 3.05) is 26.2 Å². The lowest BCUT2D eigenvalue weighted by molar-refractivity contribution is -0.134. The van der Waals surface area contributed by atoms with Gasteiger partial charge in [0.15, 0.2) is 0 Å². The molecule has 0 amide bonds. The summed E-state index contributed by atoms with van der Waals surface area (Å²) in [4.78, 5) is 24.4. The first-order chi connectivity index (χ1) is 14.4. The number of piperazine rings is 1. The van der Waals surface area contributed by atoms with E-state index in [0.717, 1.165) is 37.6 Å². The lowest BCUT2D eigenvalue weighted by Crippen LogP contribution is -2.45. The van der Waals surface area contributed by atoms with Crippen LogP contribution in [0.2, 0.25) is 5.02 Å². The standard InChI is InChI=1S/C18H19ClN2S.C4H4O4/c19-14-5-6-18-15(12-14)16(21-9-7-20-8-10-21)11-13-3-1-2-4-17(13)22-18;5-3(6)1-2-4(7)8/h1-6,12,16,20H,7-11H2;1-2H,(H,5,6)(H,7,8)/b;2-1+. The fourth-order valence-corrected chi connectivity index (χ4v) is 4.84. The van der Waals surface area contributed by atoms with Crippen LogP contribution in [0.1, 0.15) is 17.2 Å². The molecule has 0 bridgehead atoms. The van der Waals surface area contributed by atoms with Crippen LogP contribution in [0.15, 0.2) is 64.4 Å². The lowest BCUT2D eigenvalue weighted by Gasteiger charge is -2.35. The minimum atomic E-state index is -1.26. The van der Waals surface area contributed by atoms with Crippen molar-refractivity contribution < 1.29 is 19.8 Å². The molecule has 1 unspecified atom stereocenters. The maximum Gasteiger partial charge on any atom is 0.328 e. The van der Waals surface area contributed by atoms with Crippen LogP contribution < -0.4 is 5.32 Å². The normalized spacial score (nSPS) is 18.5. The molecule has 1 atom stereocenters. The molecule has 1 fully saturated rings. The van der Waals surface area contributed by atoms with Gasteiger partial charge in [-0.05, 0) is 41.8 Å². The highest BCUT2D eigenvalue weighted by Crippen LogP contribution is 2.43. The first kappa shape index (κ1) is 22.4. The van der Waals surface area contributed by atoms with E-state index in [1.54, 1.807) is 0 Å². The Hall–Kier alpha value is -2.32. The topological polar surface area (TPSA) is 89.9 Å². The molecule has 0 aliphatic carbocycles. The van der Waals surface area contributed by atoms with Gasteiger partial charge in [-0.2, -0.15) is 0 Å². The van der Waals surface area contributed by atoms with Crippen LogP contribution in [-0.2, 0) is 16.0 Å². The fourth-order valence-electron chi connectivity index (χ4n) is 3.54. The number of carboxylic acid groups (broad SMARTS) is 2. The summed E-state index contributed by atoms with van der Waals surface area (Å²) >= 11 is 8.18. The quantitative estimate of drug-likeness (QED) is 0.619. The van der Waals surface area contributed by atoms with Crippen LogP contribution in [0.5, 0.6) is 0 Å². The first-order valence-electron chi connectivity index (χ1n) is 9.58. The van der Waals surface area contributed by atoms with Gasteiger partial charge < -0.3 is 15.5 Å². The highest BCUT2D eigenvalue weighted by molar-refractivity contribution is 7.99. The van der Waals surface area contributed by atoms with E-state index < -0.39 is 11.9 Å². The van der Waals surface area contributed by atoms with Gasteiger partial charge in [-0.15, -0.1) is 0 Å². The van der Waals surface area contributed by atoms with E-state index in [-0.39, 0.29) is 0 Å². The van der Waals surface area contributed by atoms with Crippen molar-refractivity contribution in [1.29, 1.82) is 0 Å². The first-order valence-corrected chi connectivity index (χ1v) is 10.8. The number of benzene rings is 2. The summed E-state index contributed by atoms with van der Waals surface area (Å²) in [6.45, 7) is 4.34. The minimum absolute atomic E-state index is 0.423. The predicted molar refractivity (Wildman–Crippen MR) is 117 cm³/mol. The van der Waals surface area contributed by atoms with Gasteiger partial charge in [-0.3, -0.25) is 4.90 Å². The maximum absolute atomic E-state index is 9.55. The smallest absolute Gasteiger partial charge is 0.328 e. The number of fused-ring (bicyclic) bond motifs is 2. The van der Waals surface area contributed by atoms with Crippen LogP contribution in [0.25, 0.3) is 0 Å². The number of carbonyl (C=O) groups is 2. The van der Waals surface area contributed by atoms with Gasteiger partial charge in [0.05, 0.1) is 0 Å². The van der Waals surface area contributed by atoms with Crippen molar-refractivity contribution in [3.8, 4) is 0 Å². The SMILES string of the molecule is Clc1ccc2c(c1)C(N1CCNCC1)Cc1ccccc1S2.O=C(O)/C=C/C(=O)O. The van der Waals surface area contributed by atoms with Gasteiger partial charge in [0.25, 0.3) is 0 Å². The van der Waals surface area contributed by atoms with Crippen LogP contribution >= 0.6 is 23.4 Å². The number of nitrogens with zero attached hydrogens (tertiary/aromatic N) is 1. The summed E-state index contributed by atoms with van der Waals surface area (Å²) in [5, 5.41) is 19.9. The number of rotatable bonds is 3. The van der Waals surface area contributed by atoms with Crippen molar-refractivity contribution in [2.45, 2.75) is 22.3 Å². The van der Waals surface area contributed by atoms with Crippen molar-refractivity contribution in [3.05, 3.63) is 70.8 Å². The third-order valence-corrected chi connectivity index (χ3v) is 6.34. The van der Waals surface area contributed by atoms with Gasteiger partial charge in [0.2, 0.25) is 0 Å². The molecule has 2 aliphatic heterocycles. The van der Waals surface area contributed by atoms with Crippen molar-refractivity contribution in [1.82, 2.24) is 10.2 Å². The molecular weight excluding hydrogens is 424 g/mol. The summed E-state index contributed by atoms with van der Waals surface area (Å²) in [5.74, 6) is -2.51. The molecule has 1 saturated heterocycles. The zero-order valence-corrected chi connectivity index (χ0v) is 17.8. The Bertz CT molecular complexity index is 928. The second-order valence-electron chi connectivity index (χ2n) is 6.91. The summed E-state index contributed by atoms with van der Waals surface area (Å²) in [6.07, 6.45) is 2.18. The molecule has 0 spiro atoms. The molecule has 0 radical (unpaired) electrons. The molecule has 0 aromatic heterocycles. The molecule has 6 nitrogen and oxygen atoms in total. The molecule has 2 aromatic carbocycles.